The molecule has 8 heteroatoms. The molecule has 0 radical (unpaired) electrons. The molecule has 2 atom stereocenters. The van der Waals surface area contributed by atoms with Crippen LogP contribution in [0.3, 0.4) is 0 Å². The van der Waals surface area contributed by atoms with Gasteiger partial charge in [-0.05, 0) is 80.7 Å². The van der Waals surface area contributed by atoms with E-state index in [0.29, 0.717) is 43.2 Å². The molecular formula is C29H41NO6S. The van der Waals surface area contributed by atoms with Gasteiger partial charge in [0.05, 0.1) is 19.5 Å². The van der Waals surface area contributed by atoms with Gasteiger partial charge >= 0.3 is 5.97 Å². The summed E-state index contributed by atoms with van der Waals surface area (Å²) < 4.78 is 44.3. The standard InChI is InChI=1S/C29H41NO6S/c1-20(2)23-10-9-11-24(19-23)26(15-13-22-14-16-27(34-5)28(18-22)35-6)36-29(31)25-12-7-8-17-30(25)37(32,33)21(3)4/h9-11,14,16,18-21,25-26H,7-8,12-13,15,17H2,1-6H3. The first-order valence-corrected chi connectivity index (χ1v) is 14.6. The summed E-state index contributed by atoms with van der Waals surface area (Å²) in [6.07, 6.45) is 2.69. The maximum absolute atomic E-state index is 13.5. The summed E-state index contributed by atoms with van der Waals surface area (Å²) in [6.45, 7) is 7.89. The van der Waals surface area contributed by atoms with Crippen molar-refractivity contribution >= 4 is 16.0 Å². The number of ether oxygens (including phenoxy) is 3. The summed E-state index contributed by atoms with van der Waals surface area (Å²) in [5, 5.41) is -0.593. The Morgan fingerprint density at radius 2 is 1.68 bits per heavy atom. The number of carbonyl (C=O) groups is 1. The van der Waals surface area contributed by atoms with Crippen LogP contribution in [0.25, 0.3) is 0 Å². The molecule has 0 aromatic heterocycles. The van der Waals surface area contributed by atoms with Crippen molar-refractivity contribution in [3.05, 3.63) is 59.2 Å². The predicted molar refractivity (Wildman–Crippen MR) is 146 cm³/mol. The number of esters is 1. The lowest BCUT2D eigenvalue weighted by atomic mass is 9.95. The lowest BCUT2D eigenvalue weighted by Gasteiger charge is -2.35. The van der Waals surface area contributed by atoms with E-state index in [1.165, 1.54) is 4.31 Å². The highest BCUT2D eigenvalue weighted by molar-refractivity contribution is 7.89. The minimum Gasteiger partial charge on any atom is -0.493 e. The first-order chi connectivity index (χ1) is 17.6. The van der Waals surface area contributed by atoms with Crippen LogP contribution in [-0.4, -0.2) is 50.7 Å². The number of nitrogens with zero attached hydrogens (tertiary/aromatic N) is 1. The Morgan fingerprint density at radius 3 is 2.32 bits per heavy atom. The van der Waals surface area contributed by atoms with Gasteiger partial charge in [-0.2, -0.15) is 4.31 Å². The summed E-state index contributed by atoms with van der Waals surface area (Å²) in [5.41, 5.74) is 3.10. The van der Waals surface area contributed by atoms with E-state index in [9.17, 15) is 13.2 Å². The minimum absolute atomic E-state index is 0.326. The van der Waals surface area contributed by atoms with Crippen molar-refractivity contribution in [2.75, 3.05) is 20.8 Å². The van der Waals surface area contributed by atoms with Crippen LogP contribution in [0.5, 0.6) is 11.5 Å². The molecule has 37 heavy (non-hydrogen) atoms. The van der Waals surface area contributed by atoms with E-state index in [0.717, 1.165) is 29.5 Å². The maximum atomic E-state index is 13.5. The van der Waals surface area contributed by atoms with Gasteiger partial charge in [0.15, 0.2) is 11.5 Å². The fourth-order valence-electron chi connectivity index (χ4n) is 4.68. The molecule has 2 aromatic carbocycles. The molecule has 0 saturated carbocycles. The third-order valence-corrected chi connectivity index (χ3v) is 9.28. The zero-order valence-corrected chi connectivity index (χ0v) is 23.7. The van der Waals surface area contributed by atoms with E-state index < -0.39 is 33.4 Å². The second kappa shape index (κ2) is 12.8. The Morgan fingerprint density at radius 1 is 0.973 bits per heavy atom. The number of methoxy groups -OCH3 is 2. The van der Waals surface area contributed by atoms with Crippen LogP contribution >= 0.6 is 0 Å². The van der Waals surface area contributed by atoms with Gasteiger partial charge in [0.1, 0.15) is 12.1 Å². The van der Waals surface area contributed by atoms with Crippen molar-refractivity contribution in [1.82, 2.24) is 4.31 Å². The molecule has 0 amide bonds. The van der Waals surface area contributed by atoms with E-state index in [4.69, 9.17) is 14.2 Å². The van der Waals surface area contributed by atoms with Crippen LogP contribution < -0.4 is 9.47 Å². The Labute approximate surface area is 222 Å². The van der Waals surface area contributed by atoms with E-state index in [-0.39, 0.29) is 0 Å². The zero-order chi connectivity index (χ0) is 27.2. The second-order valence-electron chi connectivity index (χ2n) is 10.2. The van der Waals surface area contributed by atoms with Crippen LogP contribution in [0.2, 0.25) is 0 Å². The molecule has 1 saturated heterocycles. The third kappa shape index (κ3) is 7.05. The Kier molecular flexibility index (Phi) is 10.0. The van der Waals surface area contributed by atoms with Crippen LogP contribution in [-0.2, 0) is 26.0 Å². The lowest BCUT2D eigenvalue weighted by Crippen LogP contribution is -2.50. The monoisotopic (exact) mass is 531 g/mol. The number of carbonyl (C=O) groups excluding carboxylic acids is 1. The Bertz CT molecular complexity index is 1160. The van der Waals surface area contributed by atoms with Gasteiger partial charge in [-0.15, -0.1) is 0 Å². The largest absolute Gasteiger partial charge is 0.493 e. The molecule has 3 rings (SSSR count). The molecule has 1 aliphatic rings. The molecule has 2 aromatic rings. The number of hydrogen-bond donors (Lipinski definition) is 0. The van der Waals surface area contributed by atoms with Crippen molar-refractivity contribution in [2.24, 2.45) is 0 Å². The number of aryl methyl sites for hydroxylation is 1. The van der Waals surface area contributed by atoms with Gasteiger partial charge in [0, 0.05) is 6.54 Å². The number of hydrogen-bond acceptors (Lipinski definition) is 6. The average Bonchev–Trinajstić information content (AvgIpc) is 2.90. The summed E-state index contributed by atoms with van der Waals surface area (Å²) in [4.78, 5) is 13.5. The van der Waals surface area contributed by atoms with E-state index in [1.807, 2.05) is 30.3 Å². The van der Waals surface area contributed by atoms with Gasteiger partial charge < -0.3 is 14.2 Å². The van der Waals surface area contributed by atoms with Gasteiger partial charge in [0.2, 0.25) is 10.0 Å². The minimum atomic E-state index is -3.58. The number of rotatable bonds is 11. The fourth-order valence-corrected chi connectivity index (χ4v) is 6.15. The molecule has 1 fully saturated rings. The number of sulfonamides is 1. The summed E-state index contributed by atoms with van der Waals surface area (Å²) in [5.74, 6) is 1.15. The molecule has 7 nitrogen and oxygen atoms in total. The quantitative estimate of drug-likeness (QED) is 0.349. The highest BCUT2D eigenvalue weighted by atomic mass is 32.2. The van der Waals surface area contributed by atoms with E-state index in [1.54, 1.807) is 28.1 Å². The lowest BCUT2D eigenvalue weighted by molar-refractivity contribution is -0.155. The smallest absolute Gasteiger partial charge is 0.325 e. The molecule has 0 bridgehead atoms. The number of benzene rings is 2. The molecular weight excluding hydrogens is 490 g/mol. The molecule has 2 unspecified atom stereocenters. The van der Waals surface area contributed by atoms with Crippen molar-refractivity contribution < 1.29 is 27.4 Å². The molecule has 1 aliphatic heterocycles. The predicted octanol–water partition coefficient (Wildman–Crippen LogP) is 5.64. The van der Waals surface area contributed by atoms with Crippen LogP contribution in [0.1, 0.15) is 82.1 Å². The fraction of sp³-hybridized carbons (Fsp3) is 0.552. The van der Waals surface area contributed by atoms with Crippen molar-refractivity contribution in [2.45, 2.75) is 83.1 Å². The normalized spacial score (nSPS) is 17.6. The van der Waals surface area contributed by atoms with Gasteiger partial charge in [-0.25, -0.2) is 8.42 Å². The Hall–Kier alpha value is -2.58. The molecule has 0 N–H and O–H groups in total. The summed E-state index contributed by atoms with van der Waals surface area (Å²) in [7, 11) is -0.373. The first-order valence-electron chi connectivity index (χ1n) is 13.1. The van der Waals surface area contributed by atoms with Crippen molar-refractivity contribution in [3.8, 4) is 11.5 Å². The molecule has 1 heterocycles. The SMILES string of the molecule is COc1ccc(CCC(OC(=O)C2CCCCN2S(=O)(=O)C(C)C)c2cccc(C(C)C)c2)cc1OC. The first kappa shape index (κ1) is 29.0. The maximum Gasteiger partial charge on any atom is 0.325 e. The summed E-state index contributed by atoms with van der Waals surface area (Å²) >= 11 is 0. The van der Waals surface area contributed by atoms with Gasteiger partial charge in [-0.3, -0.25) is 4.79 Å². The van der Waals surface area contributed by atoms with Crippen LogP contribution in [0, 0.1) is 0 Å². The Balaban J connectivity index is 1.87. The molecule has 0 spiro atoms. The van der Waals surface area contributed by atoms with Gasteiger partial charge in [0.25, 0.3) is 0 Å². The zero-order valence-electron chi connectivity index (χ0n) is 22.9. The van der Waals surface area contributed by atoms with Gasteiger partial charge in [-0.1, -0.05) is 44.2 Å². The van der Waals surface area contributed by atoms with Crippen molar-refractivity contribution in [1.29, 1.82) is 0 Å². The highest BCUT2D eigenvalue weighted by Gasteiger charge is 2.40. The molecule has 0 aliphatic carbocycles. The summed E-state index contributed by atoms with van der Waals surface area (Å²) in [6, 6.07) is 13.1. The number of piperidine rings is 1. The average molecular weight is 532 g/mol. The molecule has 204 valence electrons. The highest BCUT2D eigenvalue weighted by Crippen LogP contribution is 2.32. The third-order valence-electron chi connectivity index (χ3n) is 7.00. The van der Waals surface area contributed by atoms with Crippen LogP contribution in [0.4, 0.5) is 0 Å². The topological polar surface area (TPSA) is 82.1 Å². The van der Waals surface area contributed by atoms with E-state index in [2.05, 4.69) is 26.0 Å². The van der Waals surface area contributed by atoms with Crippen molar-refractivity contribution in [3.63, 3.8) is 0 Å². The second-order valence-corrected chi connectivity index (χ2v) is 12.6. The van der Waals surface area contributed by atoms with E-state index >= 15 is 0 Å². The van der Waals surface area contributed by atoms with Crippen LogP contribution in [0.15, 0.2) is 42.5 Å².